The highest BCUT2D eigenvalue weighted by Crippen LogP contribution is 2.09. The average molecular weight is 228 g/mol. The van der Waals surface area contributed by atoms with E-state index in [9.17, 15) is 9.59 Å². The van der Waals surface area contributed by atoms with Crippen LogP contribution in [-0.4, -0.2) is 30.6 Å². The summed E-state index contributed by atoms with van der Waals surface area (Å²) < 4.78 is 4.86. The van der Waals surface area contributed by atoms with Crippen LogP contribution in [-0.2, 0) is 14.3 Å². The molecule has 92 valence electrons. The summed E-state index contributed by atoms with van der Waals surface area (Å²) >= 11 is 0. The summed E-state index contributed by atoms with van der Waals surface area (Å²) in [5.41, 5.74) is 5.80. The molecule has 1 heterocycles. The van der Waals surface area contributed by atoms with Gasteiger partial charge in [0.05, 0.1) is 12.1 Å². The Bertz CT molecular complexity index is 258. The number of rotatable bonds is 4. The molecule has 1 aliphatic rings. The van der Waals surface area contributed by atoms with Crippen molar-refractivity contribution >= 4 is 11.9 Å². The first-order valence-electron chi connectivity index (χ1n) is 5.76. The average Bonchev–Trinajstić information content (AvgIpc) is 2.30. The second kappa shape index (κ2) is 5.84. The van der Waals surface area contributed by atoms with Crippen LogP contribution >= 0.6 is 0 Å². The molecule has 0 spiro atoms. The van der Waals surface area contributed by atoms with Gasteiger partial charge in [-0.2, -0.15) is 0 Å². The van der Waals surface area contributed by atoms with Crippen LogP contribution in [0.1, 0.15) is 33.1 Å². The number of nitrogens with one attached hydrogen (secondary N) is 1. The van der Waals surface area contributed by atoms with E-state index < -0.39 is 6.04 Å². The summed E-state index contributed by atoms with van der Waals surface area (Å²) in [6.45, 7) is 4.21. The van der Waals surface area contributed by atoms with Crippen molar-refractivity contribution in [3.8, 4) is 0 Å². The molecule has 5 nitrogen and oxygen atoms in total. The summed E-state index contributed by atoms with van der Waals surface area (Å²) in [5, 5.41) is 2.81. The van der Waals surface area contributed by atoms with Crippen LogP contribution in [0.25, 0.3) is 0 Å². The van der Waals surface area contributed by atoms with Crippen molar-refractivity contribution in [2.45, 2.75) is 45.2 Å². The van der Waals surface area contributed by atoms with E-state index in [2.05, 4.69) is 5.32 Å². The number of carbonyl (C=O) groups is 2. The third-order valence-corrected chi connectivity index (χ3v) is 3.05. The number of hydrogen-bond donors (Lipinski definition) is 2. The van der Waals surface area contributed by atoms with Crippen LogP contribution in [0.5, 0.6) is 0 Å². The second-order valence-electron chi connectivity index (χ2n) is 4.34. The Morgan fingerprint density at radius 1 is 1.69 bits per heavy atom. The normalized spacial score (nSPS) is 24.4. The number of esters is 1. The summed E-state index contributed by atoms with van der Waals surface area (Å²) in [4.78, 5) is 22.5. The molecule has 1 amide bonds. The lowest BCUT2D eigenvalue weighted by Gasteiger charge is -2.25. The summed E-state index contributed by atoms with van der Waals surface area (Å²) in [6, 6.07) is -0.567. The van der Waals surface area contributed by atoms with Gasteiger partial charge in [0.25, 0.3) is 0 Å². The first-order valence-corrected chi connectivity index (χ1v) is 5.76. The molecule has 1 fully saturated rings. The third-order valence-electron chi connectivity index (χ3n) is 3.05. The zero-order chi connectivity index (χ0) is 12.1. The maximum absolute atomic E-state index is 11.7. The number of amides is 1. The molecule has 3 unspecified atom stereocenters. The van der Waals surface area contributed by atoms with Crippen LogP contribution in [0.4, 0.5) is 0 Å². The van der Waals surface area contributed by atoms with Gasteiger partial charge in [-0.05, 0) is 12.3 Å². The fourth-order valence-electron chi connectivity index (χ4n) is 1.56. The molecule has 5 heteroatoms. The monoisotopic (exact) mass is 228 g/mol. The lowest BCUT2D eigenvalue weighted by Crippen LogP contribution is -2.50. The molecule has 0 bridgehead atoms. The Morgan fingerprint density at radius 2 is 2.38 bits per heavy atom. The van der Waals surface area contributed by atoms with Gasteiger partial charge in [-0.15, -0.1) is 0 Å². The number of ether oxygens (including phenoxy) is 1. The number of cyclic esters (lactones) is 1. The first-order chi connectivity index (χ1) is 7.54. The number of carbonyl (C=O) groups excluding carboxylic acids is 2. The molecule has 3 N–H and O–H groups in total. The third kappa shape index (κ3) is 3.48. The Morgan fingerprint density at radius 3 is 2.88 bits per heavy atom. The molecular formula is C11H20N2O3. The van der Waals surface area contributed by atoms with E-state index in [1.165, 1.54) is 0 Å². The van der Waals surface area contributed by atoms with E-state index in [1.807, 2.05) is 13.8 Å². The number of hydrogen-bond acceptors (Lipinski definition) is 4. The van der Waals surface area contributed by atoms with Gasteiger partial charge in [0.2, 0.25) is 5.91 Å². The van der Waals surface area contributed by atoms with Crippen molar-refractivity contribution in [3.63, 3.8) is 0 Å². The highest BCUT2D eigenvalue weighted by atomic mass is 16.5. The van der Waals surface area contributed by atoms with Gasteiger partial charge in [0.15, 0.2) is 0 Å². The molecule has 1 saturated heterocycles. The fraction of sp³-hybridized carbons (Fsp3) is 0.818. The standard InChI is InChI=1S/C11H20N2O3/c1-3-7(2)10(12)11(15)13-8-4-5-9(14)16-6-8/h7-8,10H,3-6,12H2,1-2H3,(H,13,15). The van der Waals surface area contributed by atoms with Crippen LogP contribution < -0.4 is 11.1 Å². The predicted molar refractivity (Wildman–Crippen MR) is 59.6 cm³/mol. The highest BCUT2D eigenvalue weighted by Gasteiger charge is 2.25. The van der Waals surface area contributed by atoms with E-state index in [0.717, 1.165) is 6.42 Å². The highest BCUT2D eigenvalue weighted by molar-refractivity contribution is 5.82. The van der Waals surface area contributed by atoms with E-state index in [-0.39, 0.29) is 30.4 Å². The molecule has 0 saturated carbocycles. The minimum atomic E-state index is -0.484. The lowest BCUT2D eigenvalue weighted by molar-refractivity contribution is -0.149. The van der Waals surface area contributed by atoms with Crippen molar-refractivity contribution in [3.05, 3.63) is 0 Å². The number of nitrogens with two attached hydrogens (primary N) is 1. The molecule has 16 heavy (non-hydrogen) atoms. The Kier molecular flexibility index (Phi) is 4.73. The van der Waals surface area contributed by atoms with Gasteiger partial charge in [-0.3, -0.25) is 9.59 Å². The van der Waals surface area contributed by atoms with Gasteiger partial charge in [-0.1, -0.05) is 20.3 Å². The summed E-state index contributed by atoms with van der Waals surface area (Å²) in [6.07, 6.45) is 1.87. The Balaban J connectivity index is 2.36. The van der Waals surface area contributed by atoms with Crippen LogP contribution in [0, 0.1) is 5.92 Å². The topological polar surface area (TPSA) is 81.4 Å². The quantitative estimate of drug-likeness (QED) is 0.673. The van der Waals surface area contributed by atoms with Gasteiger partial charge < -0.3 is 15.8 Å². The fourth-order valence-corrected chi connectivity index (χ4v) is 1.56. The molecule has 0 aliphatic carbocycles. The van der Waals surface area contributed by atoms with E-state index in [0.29, 0.717) is 12.8 Å². The van der Waals surface area contributed by atoms with Crippen molar-refractivity contribution in [1.82, 2.24) is 5.32 Å². The molecule has 1 rings (SSSR count). The van der Waals surface area contributed by atoms with E-state index in [4.69, 9.17) is 10.5 Å². The maximum Gasteiger partial charge on any atom is 0.305 e. The molecule has 0 aromatic heterocycles. The van der Waals surface area contributed by atoms with Gasteiger partial charge in [0, 0.05) is 6.42 Å². The smallest absolute Gasteiger partial charge is 0.305 e. The molecule has 0 aromatic rings. The molecular weight excluding hydrogens is 208 g/mol. The SMILES string of the molecule is CCC(C)C(N)C(=O)NC1CCC(=O)OC1. The lowest BCUT2D eigenvalue weighted by atomic mass is 9.99. The van der Waals surface area contributed by atoms with Crippen molar-refractivity contribution in [2.24, 2.45) is 11.7 Å². The van der Waals surface area contributed by atoms with Crippen LogP contribution in [0.3, 0.4) is 0 Å². The van der Waals surface area contributed by atoms with E-state index in [1.54, 1.807) is 0 Å². The minimum Gasteiger partial charge on any atom is -0.463 e. The molecule has 0 aromatic carbocycles. The second-order valence-corrected chi connectivity index (χ2v) is 4.34. The van der Waals surface area contributed by atoms with Crippen molar-refractivity contribution in [1.29, 1.82) is 0 Å². The Labute approximate surface area is 95.7 Å². The van der Waals surface area contributed by atoms with Gasteiger partial charge in [0.1, 0.15) is 6.61 Å². The molecule has 0 radical (unpaired) electrons. The molecule has 3 atom stereocenters. The van der Waals surface area contributed by atoms with Crippen molar-refractivity contribution in [2.75, 3.05) is 6.61 Å². The van der Waals surface area contributed by atoms with E-state index >= 15 is 0 Å². The largest absolute Gasteiger partial charge is 0.463 e. The zero-order valence-corrected chi connectivity index (χ0v) is 9.86. The summed E-state index contributed by atoms with van der Waals surface area (Å²) in [5.74, 6) is -0.194. The minimum absolute atomic E-state index is 0.0830. The van der Waals surface area contributed by atoms with Gasteiger partial charge >= 0.3 is 5.97 Å². The van der Waals surface area contributed by atoms with Crippen molar-refractivity contribution < 1.29 is 14.3 Å². The van der Waals surface area contributed by atoms with Crippen LogP contribution in [0.2, 0.25) is 0 Å². The van der Waals surface area contributed by atoms with Gasteiger partial charge in [-0.25, -0.2) is 0 Å². The summed E-state index contributed by atoms with van der Waals surface area (Å²) in [7, 11) is 0. The van der Waals surface area contributed by atoms with Crippen LogP contribution in [0.15, 0.2) is 0 Å². The predicted octanol–water partition coefficient (Wildman–Crippen LogP) is 0.182. The molecule has 1 aliphatic heterocycles. The Hall–Kier alpha value is -1.10. The first kappa shape index (κ1) is 13.0. The zero-order valence-electron chi connectivity index (χ0n) is 9.86. The maximum atomic E-state index is 11.7.